The summed E-state index contributed by atoms with van der Waals surface area (Å²) in [4.78, 5) is 2.22. The Hall–Kier alpha value is -6.60. The average molecular weight is 633 g/mol. The summed E-state index contributed by atoms with van der Waals surface area (Å²) in [5.74, 6) is 7.38. The van der Waals surface area contributed by atoms with Gasteiger partial charge in [0.1, 0.15) is 40.2 Å². The molecule has 0 bridgehead atoms. The van der Waals surface area contributed by atoms with Gasteiger partial charge >= 0.3 is 0 Å². The van der Waals surface area contributed by atoms with Crippen LogP contribution >= 0.6 is 0 Å². The van der Waals surface area contributed by atoms with Crippen molar-refractivity contribution >= 4 is 40.2 Å². The molecule has 0 saturated carbocycles. The molecular formula is C42H24BNO5. The summed E-state index contributed by atoms with van der Waals surface area (Å²) >= 11 is 0. The van der Waals surface area contributed by atoms with Crippen molar-refractivity contribution in [1.29, 1.82) is 0 Å². The lowest BCUT2D eigenvalue weighted by molar-refractivity contribution is 0.443. The van der Waals surface area contributed by atoms with Crippen LogP contribution in [0.4, 0.5) is 17.1 Å². The third-order valence-electron chi connectivity index (χ3n) is 9.61. The Morgan fingerprint density at radius 2 is 0.939 bits per heavy atom. The molecule has 0 radical (unpaired) electrons. The van der Waals surface area contributed by atoms with Gasteiger partial charge in [0.2, 0.25) is 0 Å². The third-order valence-corrected chi connectivity index (χ3v) is 9.61. The van der Waals surface area contributed by atoms with E-state index in [-0.39, 0.29) is 6.71 Å². The van der Waals surface area contributed by atoms with E-state index in [1.807, 2.05) is 97.1 Å². The van der Waals surface area contributed by atoms with Crippen molar-refractivity contribution in [3.05, 3.63) is 146 Å². The van der Waals surface area contributed by atoms with Gasteiger partial charge in [0, 0.05) is 23.2 Å². The van der Waals surface area contributed by atoms with Crippen molar-refractivity contribution in [3.63, 3.8) is 0 Å². The van der Waals surface area contributed by atoms with Gasteiger partial charge in [-0.3, -0.25) is 4.90 Å². The molecule has 11 rings (SSSR count). The van der Waals surface area contributed by atoms with E-state index < -0.39 is 0 Å². The number of anilines is 3. The zero-order chi connectivity index (χ0) is 32.1. The summed E-state index contributed by atoms with van der Waals surface area (Å²) in [7, 11) is 0. The summed E-state index contributed by atoms with van der Waals surface area (Å²) in [6, 6.07) is 48.6. The van der Waals surface area contributed by atoms with Crippen molar-refractivity contribution in [2.75, 3.05) is 4.90 Å². The highest BCUT2D eigenvalue weighted by Gasteiger charge is 2.40. The fourth-order valence-electron chi connectivity index (χ4n) is 7.53. The minimum Gasteiger partial charge on any atom is -0.458 e. The van der Waals surface area contributed by atoms with Crippen molar-refractivity contribution in [2.45, 2.75) is 0 Å². The predicted molar refractivity (Wildman–Crippen MR) is 191 cm³/mol. The van der Waals surface area contributed by atoms with E-state index in [1.54, 1.807) is 0 Å². The Labute approximate surface area is 282 Å². The Morgan fingerprint density at radius 3 is 1.55 bits per heavy atom. The first-order chi connectivity index (χ1) is 24.3. The second-order valence-electron chi connectivity index (χ2n) is 12.4. The van der Waals surface area contributed by atoms with Crippen molar-refractivity contribution in [1.82, 2.24) is 0 Å². The molecule has 0 atom stereocenters. The van der Waals surface area contributed by atoms with Gasteiger partial charge in [-0.2, -0.15) is 0 Å². The number of nitrogens with zero attached hydrogens (tertiary/aromatic N) is 1. The number of hydrogen-bond donors (Lipinski definition) is 0. The van der Waals surface area contributed by atoms with Crippen LogP contribution in [0.15, 0.2) is 146 Å². The van der Waals surface area contributed by atoms with Gasteiger partial charge in [0.15, 0.2) is 23.0 Å². The predicted octanol–water partition coefficient (Wildman–Crippen LogP) is 9.55. The maximum atomic E-state index is 6.72. The largest absolute Gasteiger partial charge is 0.458 e. The number of fused-ring (bicyclic) bond motifs is 8. The average Bonchev–Trinajstić information content (AvgIpc) is 3.14. The quantitative estimate of drug-likeness (QED) is 0.181. The van der Waals surface area contributed by atoms with Crippen LogP contribution in [-0.4, -0.2) is 6.71 Å². The van der Waals surface area contributed by atoms with Crippen LogP contribution in [0, 0.1) is 0 Å². The molecule has 0 unspecified atom stereocenters. The Kier molecular flexibility index (Phi) is 5.38. The molecule has 7 aromatic carbocycles. The third kappa shape index (κ3) is 3.90. The highest BCUT2D eigenvalue weighted by molar-refractivity contribution is 6.98. The second kappa shape index (κ2) is 9.95. The normalized spacial score (nSPS) is 13.5. The molecule has 49 heavy (non-hydrogen) atoms. The van der Waals surface area contributed by atoms with Crippen LogP contribution < -0.4 is 45.0 Å². The Morgan fingerprint density at radius 1 is 0.449 bits per heavy atom. The molecule has 0 fully saturated rings. The molecule has 7 aromatic rings. The van der Waals surface area contributed by atoms with Crippen molar-refractivity contribution < 1.29 is 23.7 Å². The van der Waals surface area contributed by atoms with Crippen LogP contribution in [0.25, 0.3) is 11.1 Å². The standard InChI is InChI=1S/C42H24BNO5/c1-6-16-32(45-26-23-37-41-38(24-26)47-34-18-8-3-13-29(34)43(41)28-12-2-7-17-33(28)46-37)27(11-1)25-21-39-42-40(22-25)49-36-20-10-5-15-31(36)44(42)30-14-4-9-19-35(30)48-39/h1-24H. The molecule has 0 aliphatic carbocycles. The van der Waals surface area contributed by atoms with Gasteiger partial charge in [-0.1, -0.05) is 78.9 Å². The van der Waals surface area contributed by atoms with E-state index in [2.05, 4.69) is 53.4 Å². The summed E-state index contributed by atoms with van der Waals surface area (Å²) in [5.41, 5.74) is 7.85. The first-order valence-electron chi connectivity index (χ1n) is 16.3. The van der Waals surface area contributed by atoms with E-state index in [0.717, 1.165) is 79.1 Å². The topological polar surface area (TPSA) is 49.4 Å². The molecule has 230 valence electrons. The summed E-state index contributed by atoms with van der Waals surface area (Å²) in [5, 5.41) is 0. The summed E-state index contributed by atoms with van der Waals surface area (Å²) in [6.07, 6.45) is 0. The molecule has 0 amide bonds. The monoisotopic (exact) mass is 633 g/mol. The van der Waals surface area contributed by atoms with Gasteiger partial charge in [0.25, 0.3) is 6.71 Å². The fraction of sp³-hybridized carbons (Fsp3) is 0. The first-order valence-corrected chi connectivity index (χ1v) is 16.3. The smallest absolute Gasteiger partial charge is 0.260 e. The van der Waals surface area contributed by atoms with Crippen molar-refractivity contribution in [3.8, 4) is 68.6 Å². The zero-order valence-corrected chi connectivity index (χ0v) is 25.9. The van der Waals surface area contributed by atoms with Gasteiger partial charge in [-0.15, -0.1) is 0 Å². The Bertz CT molecular complexity index is 2390. The second-order valence-corrected chi connectivity index (χ2v) is 12.4. The molecule has 4 aliphatic heterocycles. The lowest BCUT2D eigenvalue weighted by Crippen LogP contribution is -2.57. The van der Waals surface area contributed by atoms with Crippen LogP contribution in [0.2, 0.25) is 0 Å². The van der Waals surface area contributed by atoms with Gasteiger partial charge in [-0.05, 0) is 71.1 Å². The fourth-order valence-corrected chi connectivity index (χ4v) is 7.53. The van der Waals surface area contributed by atoms with Crippen LogP contribution in [0.5, 0.6) is 57.5 Å². The lowest BCUT2D eigenvalue weighted by atomic mass is 9.35. The van der Waals surface area contributed by atoms with Crippen LogP contribution in [-0.2, 0) is 0 Å². The molecular weight excluding hydrogens is 609 g/mol. The van der Waals surface area contributed by atoms with E-state index in [0.29, 0.717) is 23.0 Å². The number of rotatable bonds is 3. The van der Waals surface area contributed by atoms with Crippen LogP contribution in [0.3, 0.4) is 0 Å². The van der Waals surface area contributed by atoms with E-state index in [9.17, 15) is 0 Å². The maximum Gasteiger partial charge on any atom is 0.260 e. The van der Waals surface area contributed by atoms with E-state index in [4.69, 9.17) is 23.7 Å². The number of hydrogen-bond acceptors (Lipinski definition) is 6. The summed E-state index contributed by atoms with van der Waals surface area (Å²) < 4.78 is 32.8. The highest BCUT2D eigenvalue weighted by atomic mass is 16.5. The Balaban J connectivity index is 1.02. The number of ether oxygens (including phenoxy) is 5. The molecule has 0 saturated heterocycles. The highest BCUT2D eigenvalue weighted by Crippen LogP contribution is 2.60. The molecule has 4 heterocycles. The SMILES string of the molecule is c1ccc2c(c1)Oc1cc(Oc3ccccc3-c3cc4c5c(c3)Oc3ccccc3N5c3ccccc3O4)cc3c1B2c1ccccc1O3. The molecule has 7 heteroatoms. The summed E-state index contributed by atoms with van der Waals surface area (Å²) in [6.45, 7) is 0.00328. The zero-order valence-electron chi connectivity index (χ0n) is 25.9. The molecule has 0 N–H and O–H groups in total. The molecule has 0 aromatic heterocycles. The van der Waals surface area contributed by atoms with Crippen LogP contribution in [0.1, 0.15) is 0 Å². The van der Waals surface area contributed by atoms with Gasteiger partial charge < -0.3 is 23.7 Å². The van der Waals surface area contributed by atoms with E-state index >= 15 is 0 Å². The minimum atomic E-state index is 0.00328. The van der Waals surface area contributed by atoms with E-state index in [1.165, 1.54) is 0 Å². The molecule has 4 aliphatic rings. The number of para-hydroxylation sites is 7. The van der Waals surface area contributed by atoms with Crippen molar-refractivity contribution in [2.24, 2.45) is 0 Å². The minimum absolute atomic E-state index is 0.00328. The molecule has 6 nitrogen and oxygen atoms in total. The van der Waals surface area contributed by atoms with Gasteiger partial charge in [0.05, 0.1) is 11.4 Å². The maximum absolute atomic E-state index is 6.72. The number of benzene rings is 7. The van der Waals surface area contributed by atoms with Gasteiger partial charge in [-0.25, -0.2) is 0 Å². The molecule has 0 spiro atoms. The lowest BCUT2D eigenvalue weighted by Gasteiger charge is -2.38. The first kappa shape index (κ1) is 26.5.